The lowest BCUT2D eigenvalue weighted by atomic mass is 10.0. The van der Waals surface area contributed by atoms with E-state index in [0.29, 0.717) is 0 Å². The van der Waals surface area contributed by atoms with Gasteiger partial charge in [-0.3, -0.25) is 0 Å². The van der Waals surface area contributed by atoms with Crippen LogP contribution in [0.1, 0.15) is 0 Å². The number of aromatic nitrogens is 2. The van der Waals surface area contributed by atoms with Crippen molar-refractivity contribution < 1.29 is 0 Å². The molecule has 2 aliphatic rings. The number of hydrogen-bond acceptors (Lipinski definition) is 2. The van der Waals surface area contributed by atoms with E-state index in [1.54, 1.807) is 0 Å². The van der Waals surface area contributed by atoms with Gasteiger partial charge in [0.15, 0.2) is 5.82 Å². The molecule has 7 aromatic carbocycles. The minimum Gasteiger partial charge on any atom is -0.228 e. The maximum Gasteiger partial charge on any atom is 0.160 e. The normalized spacial score (nSPS) is 14.0. The van der Waals surface area contributed by atoms with Crippen molar-refractivity contribution in [1.82, 2.24) is 9.97 Å². The Kier molecular flexibility index (Phi) is 5.69. The molecule has 220 valence electrons. The maximum absolute atomic E-state index is 5.28. The van der Waals surface area contributed by atoms with Crippen LogP contribution in [0.5, 0.6) is 0 Å². The molecule has 0 radical (unpaired) electrons. The summed E-state index contributed by atoms with van der Waals surface area (Å²) in [7, 11) is -1.62. The van der Waals surface area contributed by atoms with E-state index < -0.39 is 10.0 Å². The second-order valence-corrected chi connectivity index (χ2v) is 15.2. The van der Waals surface area contributed by atoms with E-state index in [4.69, 9.17) is 9.97 Å². The standard InChI is InChI=1S/C44H28N2S/c1-2-12-29(13-3-1)30-22-24-31(25-23-30)43-36-17-4-8-18-38(36)45-44(46-43)32-26-27-42-37(28-32)35-16-7-11-21-41(35)47(42)39-19-9-5-14-33(39)34-15-6-10-20-40(34)47/h1-28H. The molecule has 0 N–H and O–H groups in total. The van der Waals surface area contributed by atoms with Crippen molar-refractivity contribution in [2.24, 2.45) is 0 Å². The lowest BCUT2D eigenvalue weighted by molar-refractivity contribution is 1.22. The summed E-state index contributed by atoms with van der Waals surface area (Å²) in [5, 5.41) is 1.05. The molecule has 0 unspecified atom stereocenters. The molecule has 2 aliphatic heterocycles. The molecule has 0 saturated heterocycles. The van der Waals surface area contributed by atoms with Crippen LogP contribution in [-0.2, 0) is 0 Å². The van der Waals surface area contributed by atoms with E-state index in [0.717, 1.165) is 33.5 Å². The van der Waals surface area contributed by atoms with Crippen molar-refractivity contribution >= 4 is 20.9 Å². The lowest BCUT2D eigenvalue weighted by Crippen LogP contribution is -1.98. The summed E-state index contributed by atoms with van der Waals surface area (Å²) >= 11 is 0. The van der Waals surface area contributed by atoms with Gasteiger partial charge in [0.2, 0.25) is 0 Å². The van der Waals surface area contributed by atoms with Crippen LogP contribution in [0.3, 0.4) is 0 Å². The van der Waals surface area contributed by atoms with Crippen LogP contribution in [0, 0.1) is 0 Å². The molecule has 1 spiro atoms. The third-order valence-corrected chi connectivity index (χ3v) is 13.7. The lowest BCUT2D eigenvalue weighted by Gasteiger charge is -2.36. The molecule has 0 saturated carbocycles. The van der Waals surface area contributed by atoms with Crippen LogP contribution < -0.4 is 0 Å². The molecule has 3 heterocycles. The van der Waals surface area contributed by atoms with Crippen molar-refractivity contribution in [2.75, 3.05) is 0 Å². The highest BCUT2D eigenvalue weighted by Crippen LogP contribution is 2.84. The van der Waals surface area contributed by atoms with Crippen LogP contribution >= 0.6 is 10.0 Å². The Bertz CT molecular complexity index is 2470. The molecule has 0 fully saturated rings. The zero-order valence-electron chi connectivity index (χ0n) is 25.5. The molecule has 2 nitrogen and oxygen atoms in total. The molecule has 10 rings (SSSR count). The van der Waals surface area contributed by atoms with E-state index in [2.05, 4.69) is 170 Å². The van der Waals surface area contributed by atoms with Crippen molar-refractivity contribution in [3.63, 3.8) is 0 Å². The first-order chi connectivity index (χ1) is 23.3. The molecule has 1 aromatic heterocycles. The number of rotatable bonds is 3. The second kappa shape index (κ2) is 10.1. The Labute approximate surface area is 275 Å². The quantitative estimate of drug-likeness (QED) is 0.197. The predicted molar refractivity (Wildman–Crippen MR) is 194 cm³/mol. The van der Waals surface area contributed by atoms with Crippen LogP contribution in [0.15, 0.2) is 189 Å². The van der Waals surface area contributed by atoms with Gasteiger partial charge >= 0.3 is 0 Å². The van der Waals surface area contributed by atoms with Gasteiger partial charge in [-0.25, -0.2) is 9.97 Å². The first-order valence-corrected chi connectivity index (χ1v) is 17.6. The summed E-state index contributed by atoms with van der Waals surface area (Å²) in [6.07, 6.45) is 0. The van der Waals surface area contributed by atoms with E-state index in [1.807, 2.05) is 0 Å². The topological polar surface area (TPSA) is 25.8 Å². The Morgan fingerprint density at radius 1 is 0.340 bits per heavy atom. The van der Waals surface area contributed by atoms with Crippen molar-refractivity contribution in [3.8, 4) is 56.0 Å². The van der Waals surface area contributed by atoms with E-state index >= 15 is 0 Å². The van der Waals surface area contributed by atoms with Gasteiger partial charge in [-0.15, -0.1) is 10.0 Å². The van der Waals surface area contributed by atoms with Crippen molar-refractivity contribution in [2.45, 2.75) is 19.6 Å². The first-order valence-electron chi connectivity index (χ1n) is 16.0. The summed E-state index contributed by atoms with van der Waals surface area (Å²) in [6.45, 7) is 0. The van der Waals surface area contributed by atoms with Crippen molar-refractivity contribution in [1.29, 1.82) is 0 Å². The zero-order valence-corrected chi connectivity index (χ0v) is 26.3. The van der Waals surface area contributed by atoms with Gasteiger partial charge in [-0.1, -0.05) is 133 Å². The van der Waals surface area contributed by atoms with Gasteiger partial charge in [-0.2, -0.15) is 0 Å². The molecule has 8 aromatic rings. The Morgan fingerprint density at radius 3 is 1.51 bits per heavy atom. The summed E-state index contributed by atoms with van der Waals surface area (Å²) in [5.74, 6) is 0.745. The Morgan fingerprint density at radius 2 is 0.830 bits per heavy atom. The first kappa shape index (κ1) is 26.4. The number of benzene rings is 7. The van der Waals surface area contributed by atoms with Gasteiger partial charge < -0.3 is 0 Å². The van der Waals surface area contributed by atoms with Gasteiger partial charge in [0.1, 0.15) is 0 Å². The third kappa shape index (κ3) is 3.75. The fourth-order valence-corrected chi connectivity index (χ4v) is 12.2. The Balaban J connectivity index is 1.17. The van der Waals surface area contributed by atoms with Crippen LogP contribution in [0.2, 0.25) is 0 Å². The monoisotopic (exact) mass is 616 g/mol. The molecule has 0 amide bonds. The van der Waals surface area contributed by atoms with Gasteiger partial charge in [0, 0.05) is 36.1 Å². The van der Waals surface area contributed by atoms with Crippen LogP contribution in [0.4, 0.5) is 0 Å². The van der Waals surface area contributed by atoms with E-state index in [9.17, 15) is 0 Å². The highest BCUT2D eigenvalue weighted by atomic mass is 32.3. The fraction of sp³-hybridized carbons (Fsp3) is 0. The second-order valence-electron chi connectivity index (χ2n) is 12.2. The average molecular weight is 617 g/mol. The minimum atomic E-state index is -1.62. The van der Waals surface area contributed by atoms with Gasteiger partial charge in [0.25, 0.3) is 0 Å². The fourth-order valence-electron chi connectivity index (χ4n) is 7.60. The number of para-hydroxylation sites is 1. The SMILES string of the molecule is c1ccc(-c2ccc(-c3nc(-c4ccc5c(c4)-c4ccccc4S54c5ccccc5-c5ccccc54)nc4ccccc34)cc2)cc1. The molecular formula is C44H28N2S. The minimum absolute atomic E-state index is 0.745. The highest BCUT2D eigenvalue weighted by molar-refractivity contribution is 8.34. The summed E-state index contributed by atoms with van der Waals surface area (Å²) in [5.41, 5.74) is 11.7. The number of nitrogens with zero attached hydrogens (tertiary/aromatic N) is 2. The van der Waals surface area contributed by atoms with Crippen molar-refractivity contribution in [3.05, 3.63) is 170 Å². The molecule has 0 aliphatic carbocycles. The Hall–Kier alpha value is -5.77. The molecule has 47 heavy (non-hydrogen) atoms. The molecule has 0 bridgehead atoms. The van der Waals surface area contributed by atoms with E-state index in [1.165, 1.54) is 53.0 Å². The van der Waals surface area contributed by atoms with Gasteiger partial charge in [-0.05, 0) is 69.8 Å². The van der Waals surface area contributed by atoms with Crippen LogP contribution in [-0.4, -0.2) is 9.97 Å². The molecular weight excluding hydrogens is 589 g/mol. The average Bonchev–Trinajstić information content (AvgIpc) is 3.62. The maximum atomic E-state index is 5.28. The molecule has 3 heteroatoms. The van der Waals surface area contributed by atoms with E-state index in [-0.39, 0.29) is 0 Å². The number of fused-ring (bicyclic) bond motifs is 11. The number of hydrogen-bond donors (Lipinski definition) is 0. The smallest absolute Gasteiger partial charge is 0.160 e. The largest absolute Gasteiger partial charge is 0.228 e. The predicted octanol–water partition coefficient (Wildman–Crippen LogP) is 11.9. The highest BCUT2D eigenvalue weighted by Gasteiger charge is 2.47. The van der Waals surface area contributed by atoms with Gasteiger partial charge in [0.05, 0.1) is 11.2 Å². The summed E-state index contributed by atoms with van der Waals surface area (Å²) in [4.78, 5) is 16.1. The third-order valence-electron chi connectivity index (χ3n) is 9.67. The van der Waals surface area contributed by atoms with Crippen LogP contribution in [0.25, 0.3) is 66.9 Å². The molecule has 0 atom stereocenters. The zero-order chi connectivity index (χ0) is 31.0. The summed E-state index contributed by atoms with van der Waals surface area (Å²) < 4.78 is 0. The summed E-state index contributed by atoms with van der Waals surface area (Å²) in [6, 6.07) is 61.6.